The zero-order chi connectivity index (χ0) is 25.2. The molecule has 0 saturated carbocycles. The molecule has 0 aliphatic heterocycles. The third-order valence-electron chi connectivity index (χ3n) is 6.24. The molecule has 1 amide bonds. The van der Waals surface area contributed by atoms with E-state index in [4.69, 9.17) is 4.98 Å². The van der Waals surface area contributed by atoms with Gasteiger partial charge in [-0.1, -0.05) is 54.6 Å². The second-order valence-corrected chi connectivity index (χ2v) is 8.92. The van der Waals surface area contributed by atoms with E-state index in [2.05, 4.69) is 28.4 Å². The molecular formula is C29H27N5O2. The summed E-state index contributed by atoms with van der Waals surface area (Å²) in [4.78, 5) is 18.8. The summed E-state index contributed by atoms with van der Waals surface area (Å²) < 4.78 is 1.97. The zero-order valence-corrected chi connectivity index (χ0v) is 20.5. The van der Waals surface area contributed by atoms with E-state index >= 15 is 0 Å². The number of carbonyl (C=O) groups excluding carboxylic acids is 1. The van der Waals surface area contributed by atoms with Gasteiger partial charge in [0.05, 0.1) is 24.4 Å². The minimum Gasteiger partial charge on any atom is -0.392 e. The van der Waals surface area contributed by atoms with Crippen molar-refractivity contribution in [3.05, 3.63) is 96.1 Å². The number of amides is 1. The Bertz CT molecular complexity index is 1590. The maximum atomic E-state index is 12.1. The number of aliphatic hydroxyl groups is 1. The Morgan fingerprint density at radius 1 is 1.00 bits per heavy atom. The van der Waals surface area contributed by atoms with Crippen LogP contribution in [0, 0.1) is 6.92 Å². The Kier molecular flexibility index (Phi) is 6.31. The Morgan fingerprint density at radius 2 is 1.75 bits per heavy atom. The summed E-state index contributed by atoms with van der Waals surface area (Å²) in [7, 11) is 0. The van der Waals surface area contributed by atoms with Crippen molar-refractivity contribution < 1.29 is 9.90 Å². The van der Waals surface area contributed by atoms with E-state index in [9.17, 15) is 9.90 Å². The monoisotopic (exact) mass is 477 g/mol. The van der Waals surface area contributed by atoms with Gasteiger partial charge in [0.15, 0.2) is 5.65 Å². The second kappa shape index (κ2) is 9.71. The SMILES string of the molecule is CC(=O)N(/C=C(\C)CO)Cc1ccc(-c2nc3ccn4c(C)nnc4c3cc2-c2ccccc2)cc1. The quantitative estimate of drug-likeness (QED) is 0.365. The fourth-order valence-electron chi connectivity index (χ4n) is 4.29. The topological polar surface area (TPSA) is 83.6 Å². The normalized spacial score (nSPS) is 11.8. The van der Waals surface area contributed by atoms with Gasteiger partial charge < -0.3 is 10.0 Å². The van der Waals surface area contributed by atoms with Crippen LogP contribution in [0.15, 0.2) is 84.7 Å². The molecule has 2 aromatic carbocycles. The summed E-state index contributed by atoms with van der Waals surface area (Å²) in [5.41, 5.74) is 7.28. The Morgan fingerprint density at radius 3 is 2.44 bits per heavy atom. The minimum atomic E-state index is -0.0840. The summed E-state index contributed by atoms with van der Waals surface area (Å²) in [6.45, 7) is 5.59. The fourth-order valence-corrected chi connectivity index (χ4v) is 4.29. The van der Waals surface area contributed by atoms with E-state index < -0.39 is 0 Å². The standard InChI is InChI=1S/C29H27N5O2/c1-19(18-35)16-33(21(3)36)17-22-9-11-24(12-10-22)28-25(23-7-5-4-6-8-23)15-26-27(30-28)13-14-34-20(2)31-32-29(26)34/h4-16,35H,17-18H2,1-3H3/b19-16+. The Labute approximate surface area is 209 Å². The lowest BCUT2D eigenvalue weighted by atomic mass is 9.97. The fraction of sp³-hybridized carbons (Fsp3) is 0.172. The van der Waals surface area contributed by atoms with Crippen LogP contribution in [0.5, 0.6) is 0 Å². The van der Waals surface area contributed by atoms with Gasteiger partial charge in [-0.15, -0.1) is 10.2 Å². The van der Waals surface area contributed by atoms with Crippen molar-refractivity contribution in [2.45, 2.75) is 27.3 Å². The molecule has 3 heterocycles. The predicted octanol–water partition coefficient (Wildman–Crippen LogP) is 5.16. The first kappa shape index (κ1) is 23.4. The number of hydrogen-bond acceptors (Lipinski definition) is 5. The van der Waals surface area contributed by atoms with Gasteiger partial charge in [-0.25, -0.2) is 4.98 Å². The van der Waals surface area contributed by atoms with Gasteiger partial charge in [0, 0.05) is 35.8 Å². The lowest BCUT2D eigenvalue weighted by Crippen LogP contribution is -2.23. The molecule has 7 nitrogen and oxygen atoms in total. The number of fused-ring (bicyclic) bond motifs is 3. The third-order valence-corrected chi connectivity index (χ3v) is 6.24. The van der Waals surface area contributed by atoms with Crippen LogP contribution >= 0.6 is 0 Å². The highest BCUT2D eigenvalue weighted by molar-refractivity contribution is 5.98. The van der Waals surface area contributed by atoms with Crippen molar-refractivity contribution >= 4 is 22.5 Å². The molecule has 1 N–H and O–H groups in total. The van der Waals surface area contributed by atoms with Crippen LogP contribution in [0.2, 0.25) is 0 Å². The van der Waals surface area contributed by atoms with E-state index in [-0.39, 0.29) is 12.5 Å². The second-order valence-electron chi connectivity index (χ2n) is 8.92. The van der Waals surface area contributed by atoms with E-state index in [1.54, 1.807) is 18.0 Å². The molecule has 0 atom stereocenters. The maximum absolute atomic E-state index is 12.1. The first-order valence-electron chi connectivity index (χ1n) is 11.8. The highest BCUT2D eigenvalue weighted by Crippen LogP contribution is 2.34. The van der Waals surface area contributed by atoms with E-state index in [1.165, 1.54) is 6.92 Å². The van der Waals surface area contributed by atoms with Crippen molar-refractivity contribution in [1.82, 2.24) is 24.5 Å². The maximum Gasteiger partial charge on any atom is 0.223 e. The predicted molar refractivity (Wildman–Crippen MR) is 141 cm³/mol. The molecule has 0 bridgehead atoms. The number of aromatic nitrogens is 4. The van der Waals surface area contributed by atoms with Gasteiger partial charge in [-0.3, -0.25) is 9.20 Å². The Balaban J connectivity index is 1.59. The minimum absolute atomic E-state index is 0.0792. The highest BCUT2D eigenvalue weighted by Gasteiger charge is 2.15. The first-order chi connectivity index (χ1) is 17.4. The average molecular weight is 478 g/mol. The van der Waals surface area contributed by atoms with E-state index in [0.29, 0.717) is 6.54 Å². The molecule has 3 aromatic heterocycles. The van der Waals surface area contributed by atoms with Gasteiger partial charge in [-0.2, -0.15) is 0 Å². The van der Waals surface area contributed by atoms with Crippen LogP contribution in [0.4, 0.5) is 0 Å². The number of pyridine rings is 2. The van der Waals surface area contributed by atoms with Crippen LogP contribution < -0.4 is 0 Å². The smallest absolute Gasteiger partial charge is 0.223 e. The van der Waals surface area contributed by atoms with Crippen molar-refractivity contribution in [2.75, 3.05) is 6.61 Å². The largest absolute Gasteiger partial charge is 0.392 e. The number of hydrogen-bond donors (Lipinski definition) is 1. The molecule has 7 heteroatoms. The summed E-state index contributed by atoms with van der Waals surface area (Å²) in [6.07, 6.45) is 3.65. The van der Waals surface area contributed by atoms with Crippen molar-refractivity contribution in [3.8, 4) is 22.4 Å². The third kappa shape index (κ3) is 4.48. The van der Waals surface area contributed by atoms with Crippen molar-refractivity contribution in [1.29, 1.82) is 0 Å². The Hall–Kier alpha value is -4.36. The number of benzene rings is 2. The molecule has 0 unspecified atom stereocenters. The highest BCUT2D eigenvalue weighted by atomic mass is 16.3. The van der Waals surface area contributed by atoms with Crippen LogP contribution in [0.25, 0.3) is 38.9 Å². The molecule has 180 valence electrons. The number of aliphatic hydroxyl groups excluding tert-OH is 1. The molecule has 0 radical (unpaired) electrons. The molecule has 0 aliphatic rings. The van der Waals surface area contributed by atoms with E-state index in [1.807, 2.05) is 66.1 Å². The van der Waals surface area contributed by atoms with E-state index in [0.717, 1.165) is 55.9 Å². The van der Waals surface area contributed by atoms with Gasteiger partial charge in [-0.05, 0) is 42.7 Å². The summed E-state index contributed by atoms with van der Waals surface area (Å²) in [5.74, 6) is 0.751. The van der Waals surface area contributed by atoms with Crippen LogP contribution in [-0.2, 0) is 11.3 Å². The van der Waals surface area contributed by atoms with Crippen molar-refractivity contribution in [2.24, 2.45) is 0 Å². The van der Waals surface area contributed by atoms with Crippen LogP contribution in [-0.4, -0.2) is 42.1 Å². The number of nitrogens with zero attached hydrogens (tertiary/aromatic N) is 5. The van der Waals surface area contributed by atoms with Crippen LogP contribution in [0.3, 0.4) is 0 Å². The van der Waals surface area contributed by atoms with Gasteiger partial charge in [0.25, 0.3) is 0 Å². The van der Waals surface area contributed by atoms with Crippen molar-refractivity contribution in [3.63, 3.8) is 0 Å². The lowest BCUT2D eigenvalue weighted by molar-refractivity contribution is -0.126. The molecule has 0 aliphatic carbocycles. The lowest BCUT2D eigenvalue weighted by Gasteiger charge is -2.18. The molecular weight excluding hydrogens is 450 g/mol. The summed E-state index contributed by atoms with van der Waals surface area (Å²) in [5, 5.41) is 18.9. The molecule has 5 aromatic rings. The first-order valence-corrected chi connectivity index (χ1v) is 11.8. The van der Waals surface area contributed by atoms with Gasteiger partial charge in [0.1, 0.15) is 5.82 Å². The van der Waals surface area contributed by atoms with Crippen LogP contribution in [0.1, 0.15) is 25.2 Å². The summed E-state index contributed by atoms with van der Waals surface area (Å²) in [6, 6.07) is 22.4. The molecule has 0 saturated heterocycles. The average Bonchev–Trinajstić information content (AvgIpc) is 3.29. The molecule has 0 spiro atoms. The molecule has 5 rings (SSSR count). The molecule has 36 heavy (non-hydrogen) atoms. The zero-order valence-electron chi connectivity index (χ0n) is 20.5. The molecule has 0 fully saturated rings. The number of aryl methyl sites for hydroxylation is 1. The van der Waals surface area contributed by atoms with Gasteiger partial charge in [0.2, 0.25) is 5.91 Å². The number of rotatable bonds is 6. The van der Waals surface area contributed by atoms with Gasteiger partial charge >= 0.3 is 0 Å². The number of carbonyl (C=O) groups is 1. The summed E-state index contributed by atoms with van der Waals surface area (Å²) >= 11 is 0.